The molecular weight excluding hydrogens is 206 g/mol. The highest BCUT2D eigenvalue weighted by molar-refractivity contribution is 5.41. The molecule has 1 aliphatic carbocycles. The molecule has 0 saturated heterocycles. The minimum atomic E-state index is -0.0884. The summed E-state index contributed by atoms with van der Waals surface area (Å²) in [6.45, 7) is 2.39. The Kier molecular flexibility index (Phi) is 3.24. The Balaban J connectivity index is 2.06. The Morgan fingerprint density at radius 1 is 1.69 bits per heavy atom. The number of hydrogen-bond acceptors (Lipinski definition) is 4. The molecule has 5 nitrogen and oxygen atoms in total. The highest BCUT2D eigenvalue weighted by atomic mass is 16.5. The minimum absolute atomic E-state index is 0.00700. The first-order valence-electron chi connectivity index (χ1n) is 5.55. The zero-order valence-corrected chi connectivity index (χ0v) is 9.64. The molecule has 0 spiro atoms. The van der Waals surface area contributed by atoms with E-state index in [2.05, 4.69) is 10.4 Å². The molecule has 0 amide bonds. The molecule has 0 aromatic carbocycles. The van der Waals surface area contributed by atoms with Crippen molar-refractivity contribution >= 4 is 5.69 Å². The molecule has 1 N–H and O–H groups in total. The largest absolute Gasteiger partial charge is 0.381 e. The van der Waals surface area contributed by atoms with Crippen molar-refractivity contribution in [1.29, 1.82) is 0 Å². The molecule has 1 aliphatic rings. The number of ether oxygens (including phenoxy) is 1. The van der Waals surface area contributed by atoms with Crippen LogP contribution in [-0.2, 0) is 11.3 Å². The zero-order chi connectivity index (χ0) is 11.5. The van der Waals surface area contributed by atoms with Gasteiger partial charge in [0.15, 0.2) is 0 Å². The molecule has 16 heavy (non-hydrogen) atoms. The Bertz CT molecular complexity index is 412. The van der Waals surface area contributed by atoms with Crippen molar-refractivity contribution in [3.63, 3.8) is 0 Å². The van der Waals surface area contributed by atoms with Crippen LogP contribution in [0.3, 0.4) is 0 Å². The van der Waals surface area contributed by atoms with E-state index in [0.717, 1.165) is 5.69 Å². The predicted molar refractivity (Wildman–Crippen MR) is 61.6 cm³/mol. The van der Waals surface area contributed by atoms with Gasteiger partial charge >= 0.3 is 0 Å². The number of anilines is 1. The van der Waals surface area contributed by atoms with Crippen molar-refractivity contribution in [3.8, 4) is 0 Å². The number of nitrogens with zero attached hydrogens (tertiary/aromatic N) is 2. The molecule has 2 rings (SSSR count). The summed E-state index contributed by atoms with van der Waals surface area (Å²) in [4.78, 5) is 11.7. The van der Waals surface area contributed by atoms with Gasteiger partial charge < -0.3 is 10.1 Å². The van der Waals surface area contributed by atoms with Gasteiger partial charge in [-0.3, -0.25) is 4.79 Å². The Morgan fingerprint density at radius 2 is 2.44 bits per heavy atom. The summed E-state index contributed by atoms with van der Waals surface area (Å²) in [6, 6.07) is 2.13. The molecule has 1 fully saturated rings. The number of nitrogens with one attached hydrogen (secondary N) is 1. The summed E-state index contributed by atoms with van der Waals surface area (Å²) in [5, 5.41) is 7.35. The van der Waals surface area contributed by atoms with Gasteiger partial charge in [-0.25, -0.2) is 4.68 Å². The van der Waals surface area contributed by atoms with Gasteiger partial charge in [-0.2, -0.15) is 5.10 Å². The van der Waals surface area contributed by atoms with Gasteiger partial charge in [0.2, 0.25) is 0 Å². The fourth-order valence-corrected chi connectivity index (χ4v) is 1.43. The van der Waals surface area contributed by atoms with E-state index >= 15 is 0 Å². The Hall–Kier alpha value is -1.36. The molecule has 1 atom stereocenters. The first-order valence-corrected chi connectivity index (χ1v) is 5.55. The van der Waals surface area contributed by atoms with Gasteiger partial charge in [0.05, 0.1) is 24.5 Å². The van der Waals surface area contributed by atoms with Crippen LogP contribution in [0.15, 0.2) is 17.1 Å². The van der Waals surface area contributed by atoms with Gasteiger partial charge in [-0.1, -0.05) is 0 Å². The van der Waals surface area contributed by atoms with Crippen LogP contribution >= 0.6 is 0 Å². The molecule has 88 valence electrons. The van der Waals surface area contributed by atoms with Crippen LogP contribution in [0.25, 0.3) is 0 Å². The maximum atomic E-state index is 11.7. The smallest absolute Gasteiger partial charge is 0.268 e. The molecule has 0 radical (unpaired) electrons. The van der Waals surface area contributed by atoms with Crippen molar-refractivity contribution < 1.29 is 4.74 Å². The molecule has 5 heteroatoms. The van der Waals surface area contributed by atoms with Gasteiger partial charge in [0.25, 0.3) is 5.56 Å². The lowest BCUT2D eigenvalue weighted by Crippen LogP contribution is -2.28. The third kappa shape index (κ3) is 2.82. The third-order valence-electron chi connectivity index (χ3n) is 2.65. The van der Waals surface area contributed by atoms with Gasteiger partial charge in [-0.05, 0) is 19.8 Å². The van der Waals surface area contributed by atoms with Crippen LogP contribution in [0.2, 0.25) is 0 Å². The first kappa shape index (κ1) is 11.1. The molecule has 1 saturated carbocycles. The van der Waals surface area contributed by atoms with E-state index in [1.165, 1.54) is 17.5 Å². The van der Waals surface area contributed by atoms with E-state index in [9.17, 15) is 4.79 Å². The first-order chi connectivity index (χ1) is 7.69. The van der Waals surface area contributed by atoms with Crippen LogP contribution in [0, 0.1) is 0 Å². The summed E-state index contributed by atoms with van der Waals surface area (Å²) < 4.78 is 6.52. The standard InChI is InChI=1S/C11H17N3O2/c1-8(16-2)7-14-11(15)5-10(6-12-14)13-9-3-4-9/h5-6,8-9,13H,3-4,7H2,1-2H3. The van der Waals surface area contributed by atoms with Crippen molar-refractivity contribution in [2.45, 2.75) is 38.5 Å². The van der Waals surface area contributed by atoms with Gasteiger partial charge in [-0.15, -0.1) is 0 Å². The van der Waals surface area contributed by atoms with Crippen LogP contribution in [0.4, 0.5) is 5.69 Å². The second-order valence-corrected chi connectivity index (χ2v) is 4.23. The Morgan fingerprint density at radius 3 is 3.00 bits per heavy atom. The monoisotopic (exact) mass is 223 g/mol. The van der Waals surface area contributed by atoms with Crippen LogP contribution in [0.5, 0.6) is 0 Å². The van der Waals surface area contributed by atoms with E-state index in [1.54, 1.807) is 19.4 Å². The SMILES string of the molecule is COC(C)Cn1ncc(NC2CC2)cc1=O. The van der Waals surface area contributed by atoms with Crippen LogP contribution < -0.4 is 10.9 Å². The molecule has 0 aliphatic heterocycles. The van der Waals surface area contributed by atoms with Crippen LogP contribution in [-0.4, -0.2) is 29.0 Å². The second kappa shape index (κ2) is 4.65. The molecule has 1 aromatic rings. The average molecular weight is 223 g/mol. The zero-order valence-electron chi connectivity index (χ0n) is 9.64. The molecule has 1 aromatic heterocycles. The lowest BCUT2D eigenvalue weighted by molar-refractivity contribution is 0.0984. The van der Waals surface area contributed by atoms with Crippen molar-refractivity contribution in [2.24, 2.45) is 0 Å². The molecular formula is C11H17N3O2. The summed E-state index contributed by atoms with van der Waals surface area (Å²) in [6.07, 6.45) is 4.06. The highest BCUT2D eigenvalue weighted by Gasteiger charge is 2.21. The summed E-state index contributed by atoms with van der Waals surface area (Å²) >= 11 is 0. The van der Waals surface area contributed by atoms with Crippen LogP contribution in [0.1, 0.15) is 19.8 Å². The van der Waals surface area contributed by atoms with Crippen molar-refractivity contribution in [2.75, 3.05) is 12.4 Å². The van der Waals surface area contributed by atoms with E-state index < -0.39 is 0 Å². The van der Waals surface area contributed by atoms with E-state index in [0.29, 0.717) is 12.6 Å². The fourth-order valence-electron chi connectivity index (χ4n) is 1.43. The van der Waals surface area contributed by atoms with E-state index in [1.807, 2.05) is 6.92 Å². The van der Waals surface area contributed by atoms with Gasteiger partial charge in [0, 0.05) is 19.2 Å². The molecule has 1 unspecified atom stereocenters. The minimum Gasteiger partial charge on any atom is -0.381 e. The fraction of sp³-hybridized carbons (Fsp3) is 0.636. The third-order valence-corrected chi connectivity index (χ3v) is 2.65. The maximum absolute atomic E-state index is 11.7. The number of rotatable bonds is 5. The number of hydrogen-bond donors (Lipinski definition) is 1. The lowest BCUT2D eigenvalue weighted by Gasteiger charge is -2.11. The summed E-state index contributed by atoms with van der Waals surface area (Å²) in [5.74, 6) is 0. The second-order valence-electron chi connectivity index (χ2n) is 4.23. The predicted octanol–water partition coefficient (Wildman–Crippen LogP) is 0.852. The van der Waals surface area contributed by atoms with Crippen molar-refractivity contribution in [1.82, 2.24) is 9.78 Å². The summed E-state index contributed by atoms with van der Waals surface area (Å²) in [5.41, 5.74) is 0.725. The maximum Gasteiger partial charge on any atom is 0.268 e. The Labute approximate surface area is 94.4 Å². The topological polar surface area (TPSA) is 56.1 Å². The lowest BCUT2D eigenvalue weighted by atomic mass is 10.4. The number of methoxy groups -OCH3 is 1. The van der Waals surface area contributed by atoms with E-state index in [4.69, 9.17) is 4.74 Å². The summed E-state index contributed by atoms with van der Waals surface area (Å²) in [7, 11) is 1.62. The number of aromatic nitrogens is 2. The normalized spacial score (nSPS) is 17.1. The quantitative estimate of drug-likeness (QED) is 0.804. The van der Waals surface area contributed by atoms with Crippen molar-refractivity contribution in [3.05, 3.63) is 22.6 Å². The molecule has 1 heterocycles. The molecule has 0 bridgehead atoms. The van der Waals surface area contributed by atoms with E-state index in [-0.39, 0.29) is 11.7 Å². The van der Waals surface area contributed by atoms with Gasteiger partial charge in [0.1, 0.15) is 0 Å². The highest BCUT2D eigenvalue weighted by Crippen LogP contribution is 2.23. The average Bonchev–Trinajstić information content (AvgIpc) is 3.06.